The summed E-state index contributed by atoms with van der Waals surface area (Å²) in [6, 6.07) is 17.3. The van der Waals surface area contributed by atoms with Gasteiger partial charge < -0.3 is 29.9 Å². The number of hydrogen-bond acceptors (Lipinski definition) is 10. The molecule has 8 aliphatic carbocycles. The molecule has 4 N–H and O–H groups in total. The van der Waals surface area contributed by atoms with Crippen LogP contribution in [0.15, 0.2) is 85.0 Å². The van der Waals surface area contributed by atoms with Crippen LogP contribution in [0.25, 0.3) is 0 Å². The summed E-state index contributed by atoms with van der Waals surface area (Å²) in [6.45, 7) is 7.34. The van der Waals surface area contributed by atoms with Crippen molar-refractivity contribution in [3.05, 3.63) is 96.1 Å². The van der Waals surface area contributed by atoms with Gasteiger partial charge >= 0.3 is 23.9 Å². The molecule has 62 heavy (non-hydrogen) atoms. The summed E-state index contributed by atoms with van der Waals surface area (Å²) in [4.78, 5) is 79.6. The van der Waals surface area contributed by atoms with Crippen LogP contribution >= 0.6 is 0 Å². The number of fused-ring (bicyclic) bond motifs is 12. The Bertz CT molecular complexity index is 2220. The molecule has 0 aromatic heterocycles. The number of carboxylic acids is 2. The van der Waals surface area contributed by atoms with Crippen LogP contribution < -0.4 is 0 Å². The monoisotopic (exact) mass is 848 g/mol. The third-order valence-corrected chi connectivity index (χ3v) is 17.2. The fraction of sp³-hybridized carbons (Fsp3) is 0.560. The molecule has 6 saturated carbocycles. The molecule has 0 saturated heterocycles. The maximum atomic E-state index is 13.9. The average molecular weight is 849 g/mol. The number of Topliss-reactive ketones (excluding diaryl/α,β-unsaturated/α-hetero) is 2. The minimum absolute atomic E-state index is 0.0546. The van der Waals surface area contributed by atoms with Gasteiger partial charge in [-0.25, -0.2) is 9.59 Å². The molecule has 0 aliphatic heterocycles. The molecule has 20 atom stereocenters. The Balaban J connectivity index is 0.000000158. The predicted octanol–water partition coefficient (Wildman–Crippen LogP) is 5.91. The first-order valence-corrected chi connectivity index (χ1v) is 22.4. The quantitative estimate of drug-likeness (QED) is 0.152. The molecule has 10 rings (SSSR count). The molecule has 2 aromatic carbocycles. The number of carbonyl (C=O) groups is 6. The minimum Gasteiger partial charge on any atom is -0.480 e. The summed E-state index contributed by atoms with van der Waals surface area (Å²) in [5.41, 5.74) is -2.46. The number of aliphatic hydroxyl groups excluding tert-OH is 2. The average Bonchev–Trinajstić information content (AvgIpc) is 4.03. The van der Waals surface area contributed by atoms with Crippen molar-refractivity contribution in [3.63, 3.8) is 0 Å². The minimum atomic E-state index is -1.65. The van der Waals surface area contributed by atoms with Gasteiger partial charge in [-0.1, -0.05) is 88.4 Å². The number of esters is 2. The molecule has 12 nitrogen and oxygen atoms in total. The molecular formula is C50H56O12. The van der Waals surface area contributed by atoms with Gasteiger partial charge in [0, 0.05) is 35.5 Å². The SMILES string of the molecule is C[C@@H]1C=C[C@H](C)[C@H]2[C@H](OC(=O)c3ccccc3)C3C(C(=O)[C@@]21C(=O)O)[C@@H]1C[C@H]3C[C@H]1O.C[C@@H]1C=C[C@H](C)[C@H]2[C@H](OC(=O)c3ccccc3)C3C(C(=O)[C@@]21C(=O)O)[C@@H]1C[C@H]3[C@@H](O)C1. The van der Waals surface area contributed by atoms with Gasteiger partial charge in [-0.05, 0) is 97.3 Å². The molecule has 0 radical (unpaired) electrons. The van der Waals surface area contributed by atoms with Gasteiger partial charge in [0.05, 0.1) is 23.3 Å². The number of hydrogen-bond donors (Lipinski definition) is 4. The summed E-state index contributed by atoms with van der Waals surface area (Å²) in [7, 11) is 0. The van der Waals surface area contributed by atoms with E-state index >= 15 is 0 Å². The van der Waals surface area contributed by atoms with Gasteiger partial charge in [0.25, 0.3) is 0 Å². The molecule has 328 valence electrons. The van der Waals surface area contributed by atoms with E-state index in [0.29, 0.717) is 36.8 Å². The van der Waals surface area contributed by atoms with Gasteiger partial charge in [-0.3, -0.25) is 19.2 Å². The van der Waals surface area contributed by atoms with Crippen LogP contribution in [0, 0.1) is 93.7 Å². The molecule has 4 bridgehead atoms. The second kappa shape index (κ2) is 15.4. The lowest BCUT2D eigenvalue weighted by atomic mass is 9.46. The predicted molar refractivity (Wildman–Crippen MR) is 222 cm³/mol. The highest BCUT2D eigenvalue weighted by atomic mass is 16.6. The highest BCUT2D eigenvalue weighted by Gasteiger charge is 2.75. The Kier molecular flexibility index (Phi) is 10.5. The fourth-order valence-electron chi connectivity index (χ4n) is 14.7. The van der Waals surface area contributed by atoms with Gasteiger partial charge in [-0.2, -0.15) is 0 Å². The molecular weight excluding hydrogens is 793 g/mol. The first-order chi connectivity index (χ1) is 29.6. The van der Waals surface area contributed by atoms with Crippen LogP contribution in [0.4, 0.5) is 0 Å². The third kappa shape index (κ3) is 5.91. The first kappa shape index (κ1) is 42.4. The van der Waals surface area contributed by atoms with Crippen LogP contribution in [0.2, 0.25) is 0 Å². The Morgan fingerprint density at radius 1 is 0.548 bits per heavy atom. The van der Waals surface area contributed by atoms with Gasteiger partial charge in [0.2, 0.25) is 0 Å². The Morgan fingerprint density at radius 3 is 1.45 bits per heavy atom. The number of aliphatic carboxylic acids is 2. The lowest BCUT2D eigenvalue weighted by Gasteiger charge is -2.56. The fourth-order valence-corrected chi connectivity index (χ4v) is 14.7. The summed E-state index contributed by atoms with van der Waals surface area (Å²) in [5, 5.41) is 42.1. The van der Waals surface area contributed by atoms with Crippen molar-refractivity contribution in [3.8, 4) is 0 Å². The normalized spacial score (nSPS) is 45.1. The zero-order valence-electron chi connectivity index (χ0n) is 35.4. The lowest BCUT2D eigenvalue weighted by Crippen LogP contribution is -2.67. The molecule has 8 aliphatic rings. The number of ketones is 2. The van der Waals surface area contributed by atoms with Crippen LogP contribution in [-0.4, -0.2) is 80.3 Å². The molecule has 0 spiro atoms. The molecule has 6 fully saturated rings. The molecule has 4 unspecified atom stereocenters. The molecule has 12 heteroatoms. The number of carboxylic acid groups (broad SMARTS) is 2. The van der Waals surface area contributed by atoms with Crippen molar-refractivity contribution in [1.82, 2.24) is 0 Å². The van der Waals surface area contributed by atoms with Crippen LogP contribution in [0.5, 0.6) is 0 Å². The smallest absolute Gasteiger partial charge is 0.338 e. The second-order valence-electron chi connectivity index (χ2n) is 19.8. The zero-order valence-corrected chi connectivity index (χ0v) is 35.4. The van der Waals surface area contributed by atoms with E-state index in [-0.39, 0.29) is 58.9 Å². The summed E-state index contributed by atoms with van der Waals surface area (Å²) in [6.07, 6.45) is 7.42. The maximum Gasteiger partial charge on any atom is 0.338 e. The number of rotatable bonds is 6. The van der Waals surface area contributed by atoms with Crippen molar-refractivity contribution < 1.29 is 58.7 Å². The van der Waals surface area contributed by atoms with E-state index in [1.54, 1.807) is 62.4 Å². The highest BCUT2D eigenvalue weighted by Crippen LogP contribution is 2.66. The van der Waals surface area contributed by atoms with Crippen molar-refractivity contribution in [2.24, 2.45) is 93.7 Å². The van der Waals surface area contributed by atoms with Gasteiger partial charge in [0.1, 0.15) is 23.0 Å². The number of ether oxygens (including phenoxy) is 2. The van der Waals surface area contributed by atoms with Crippen molar-refractivity contribution >= 4 is 35.4 Å². The zero-order chi connectivity index (χ0) is 44.2. The molecule has 2 aromatic rings. The Labute approximate surface area is 360 Å². The number of benzene rings is 2. The van der Waals surface area contributed by atoms with Crippen LogP contribution in [0.3, 0.4) is 0 Å². The Morgan fingerprint density at radius 2 is 0.968 bits per heavy atom. The highest BCUT2D eigenvalue weighted by molar-refractivity contribution is 6.08. The number of carbonyl (C=O) groups excluding carboxylic acids is 4. The van der Waals surface area contributed by atoms with Crippen molar-refractivity contribution in [2.75, 3.05) is 0 Å². The van der Waals surface area contributed by atoms with E-state index in [9.17, 15) is 49.2 Å². The second-order valence-corrected chi connectivity index (χ2v) is 19.8. The van der Waals surface area contributed by atoms with Crippen molar-refractivity contribution in [2.45, 2.75) is 77.8 Å². The van der Waals surface area contributed by atoms with E-state index in [4.69, 9.17) is 9.47 Å². The van der Waals surface area contributed by atoms with E-state index in [1.807, 2.05) is 50.3 Å². The van der Waals surface area contributed by atoms with E-state index in [1.165, 1.54) is 0 Å². The Hall–Kier alpha value is -4.94. The third-order valence-electron chi connectivity index (χ3n) is 17.2. The number of allylic oxidation sites excluding steroid dienone is 4. The van der Waals surface area contributed by atoms with Crippen LogP contribution in [-0.2, 0) is 28.7 Å². The van der Waals surface area contributed by atoms with E-state index in [2.05, 4.69) is 0 Å². The van der Waals surface area contributed by atoms with E-state index in [0.717, 1.165) is 0 Å². The largest absolute Gasteiger partial charge is 0.480 e. The number of aliphatic hydroxyl groups is 2. The molecule has 0 amide bonds. The topological polar surface area (TPSA) is 202 Å². The summed E-state index contributed by atoms with van der Waals surface area (Å²) in [5.74, 6) is -8.65. The van der Waals surface area contributed by atoms with Gasteiger partial charge in [-0.15, -0.1) is 0 Å². The van der Waals surface area contributed by atoms with Crippen LogP contribution in [0.1, 0.15) is 74.1 Å². The van der Waals surface area contributed by atoms with Crippen molar-refractivity contribution in [1.29, 1.82) is 0 Å². The summed E-state index contributed by atoms with van der Waals surface area (Å²) >= 11 is 0. The standard InChI is InChI=1S/2C25H28O6/c1-12-8-9-13(2)25(24(29)30)20(12)21(31-23(28)14-6-4-3-5-7-14)19-16-10-15(11-17(16)26)18(19)22(25)27;1-12-8-9-13(2)25(24(29)30)20(12)21(31-23(28)14-6-4-3-5-7-14)18-15-10-16(17(26)11-15)19(18)22(25)27/h2*3-9,12-13,15-21,26H,10-11H2,1-2H3,(H,29,30)/t12-,13+,15+,16-,17-,18?,19?,20-,21+,25-;12-,13+,15-,16+,17+,18?,19?,20-,21+,25-/m00/s1. The lowest BCUT2D eigenvalue weighted by molar-refractivity contribution is -0.192. The maximum absolute atomic E-state index is 13.9. The first-order valence-electron chi connectivity index (χ1n) is 22.4. The van der Waals surface area contributed by atoms with E-state index < -0.39 is 94.6 Å². The van der Waals surface area contributed by atoms with Gasteiger partial charge in [0.15, 0.2) is 11.6 Å². The molecule has 0 heterocycles. The summed E-state index contributed by atoms with van der Waals surface area (Å²) < 4.78 is 12.2.